The Morgan fingerprint density at radius 3 is 1.30 bits per heavy atom. The van der Waals surface area contributed by atoms with E-state index in [1.165, 1.54) is 0 Å². The van der Waals surface area contributed by atoms with Crippen molar-refractivity contribution in [2.75, 3.05) is 7.11 Å². The number of phenols is 2. The minimum absolute atomic E-state index is 0.152. The van der Waals surface area contributed by atoms with Gasteiger partial charge in [-0.25, -0.2) is 0 Å². The first kappa shape index (κ1) is 24.2. The number of phenolic OH excluding ortho intramolecular Hbond substituents is 2. The van der Waals surface area contributed by atoms with Gasteiger partial charge in [0.2, 0.25) is 5.75 Å². The highest BCUT2D eigenvalue weighted by Crippen LogP contribution is 2.46. The number of hydrogen-bond acceptors (Lipinski definition) is 5. The normalized spacial score (nSPS) is 10.8. The molecule has 5 aromatic carbocycles. The molecule has 2 N–H and O–H groups in total. The molecule has 0 aliphatic heterocycles. The zero-order valence-electron chi connectivity index (χ0n) is 20.1. The summed E-state index contributed by atoms with van der Waals surface area (Å²) >= 11 is 0. The van der Waals surface area contributed by atoms with Gasteiger partial charge in [-0.1, -0.05) is 36.4 Å². The lowest BCUT2D eigenvalue weighted by Crippen LogP contribution is -2.06. The maximum atomic E-state index is 9.70. The van der Waals surface area contributed by atoms with Crippen molar-refractivity contribution in [1.82, 2.24) is 0 Å². The fourth-order valence-electron chi connectivity index (χ4n) is 3.83. The van der Waals surface area contributed by atoms with Crippen LogP contribution in [0.1, 0.15) is 0 Å². The van der Waals surface area contributed by atoms with E-state index in [2.05, 4.69) is 24.3 Å². The Morgan fingerprint density at radius 2 is 0.919 bits per heavy atom. The Bertz CT molecular complexity index is 1350. The number of ether oxygens (including phenoxy) is 3. The number of hydrogen-bond donors (Lipinski definition) is 2. The van der Waals surface area contributed by atoms with Crippen LogP contribution in [0.3, 0.4) is 0 Å². The third-order valence-corrected chi connectivity index (χ3v) is 7.72. The van der Waals surface area contributed by atoms with Crippen LogP contribution in [-0.2, 0) is 10.9 Å². The molecule has 0 saturated heterocycles. The molecule has 0 aliphatic rings. The number of rotatable bonds is 8. The van der Waals surface area contributed by atoms with E-state index in [0.29, 0.717) is 28.7 Å². The summed E-state index contributed by atoms with van der Waals surface area (Å²) in [5.74, 6) is 2.77. The van der Waals surface area contributed by atoms with E-state index in [1.54, 1.807) is 55.6 Å². The van der Waals surface area contributed by atoms with Gasteiger partial charge in [0.05, 0.1) is 18.0 Å². The monoisotopic (exact) mass is 509 g/mol. The van der Waals surface area contributed by atoms with Crippen LogP contribution in [0.25, 0.3) is 0 Å². The molecule has 0 aromatic heterocycles. The largest absolute Gasteiger partial charge is 0.508 e. The van der Waals surface area contributed by atoms with Gasteiger partial charge in [0.25, 0.3) is 0 Å². The Hall–Kier alpha value is -4.55. The third kappa shape index (κ3) is 5.66. The van der Waals surface area contributed by atoms with Crippen molar-refractivity contribution in [3.05, 3.63) is 121 Å². The lowest BCUT2D eigenvalue weighted by Gasteiger charge is -2.17. The summed E-state index contributed by atoms with van der Waals surface area (Å²) in [6, 6.07) is 37.6. The van der Waals surface area contributed by atoms with Crippen molar-refractivity contribution >= 4 is 10.9 Å². The maximum Gasteiger partial charge on any atom is 0.205 e. The molecule has 6 heteroatoms. The molecule has 5 rings (SSSR count). The first-order chi connectivity index (χ1) is 18.1. The van der Waals surface area contributed by atoms with Crippen LogP contribution in [0.2, 0.25) is 0 Å². The summed E-state index contributed by atoms with van der Waals surface area (Å²) in [7, 11) is 1.10. The van der Waals surface area contributed by atoms with Gasteiger partial charge < -0.3 is 24.4 Å². The van der Waals surface area contributed by atoms with E-state index in [1.807, 2.05) is 48.5 Å². The molecule has 0 amide bonds. The third-order valence-electron chi connectivity index (χ3n) is 5.52. The number of methoxy groups -OCH3 is 1. The molecule has 0 spiro atoms. The lowest BCUT2D eigenvalue weighted by atomic mass is 10.2. The molecular weight excluding hydrogens is 484 g/mol. The molecule has 0 saturated carbocycles. The van der Waals surface area contributed by atoms with Gasteiger partial charge in [-0.3, -0.25) is 0 Å². The second-order valence-electron chi connectivity index (χ2n) is 8.08. The summed E-state index contributed by atoms with van der Waals surface area (Å²) in [5, 5.41) is 19.4. The predicted octanol–water partition coefficient (Wildman–Crippen LogP) is 7.79. The van der Waals surface area contributed by atoms with E-state index >= 15 is 0 Å². The fraction of sp³-hybridized carbons (Fsp3) is 0.0323. The van der Waals surface area contributed by atoms with Crippen molar-refractivity contribution < 1.29 is 24.4 Å². The first-order valence-electron chi connectivity index (χ1n) is 11.6. The van der Waals surface area contributed by atoms with E-state index < -0.39 is 10.9 Å². The number of benzene rings is 5. The second kappa shape index (κ2) is 11.0. The molecule has 37 heavy (non-hydrogen) atoms. The fourth-order valence-corrected chi connectivity index (χ4v) is 5.95. The van der Waals surface area contributed by atoms with Crippen LogP contribution in [0.5, 0.6) is 40.2 Å². The highest BCUT2D eigenvalue weighted by molar-refractivity contribution is 7.97. The molecular formula is C31H25O5S+. The van der Waals surface area contributed by atoms with Gasteiger partial charge in [0, 0.05) is 12.1 Å². The van der Waals surface area contributed by atoms with Crippen LogP contribution in [0.15, 0.2) is 136 Å². The van der Waals surface area contributed by atoms with Gasteiger partial charge in [0.1, 0.15) is 23.0 Å². The Balaban J connectivity index is 1.68. The highest BCUT2D eigenvalue weighted by atomic mass is 32.2. The van der Waals surface area contributed by atoms with Crippen molar-refractivity contribution in [2.24, 2.45) is 0 Å². The molecule has 0 bridgehead atoms. The predicted molar refractivity (Wildman–Crippen MR) is 144 cm³/mol. The summed E-state index contributed by atoms with van der Waals surface area (Å²) in [4.78, 5) is 3.26. The number of aromatic hydroxyl groups is 2. The van der Waals surface area contributed by atoms with Gasteiger partial charge in [-0.05, 0) is 72.8 Å². The molecule has 0 heterocycles. The van der Waals surface area contributed by atoms with Crippen LogP contribution >= 0.6 is 0 Å². The Labute approximate surface area is 218 Å². The first-order valence-corrected chi connectivity index (χ1v) is 12.8. The SMILES string of the molecule is COc1c(Oc2ccc(O)cc2)cc([S+](c2ccccc2)c2ccccc2)cc1Oc1ccc(O)cc1. The van der Waals surface area contributed by atoms with E-state index in [0.717, 1.165) is 14.7 Å². The molecule has 0 unspecified atom stereocenters. The average molecular weight is 510 g/mol. The zero-order valence-corrected chi connectivity index (χ0v) is 20.9. The minimum Gasteiger partial charge on any atom is -0.508 e. The summed E-state index contributed by atoms with van der Waals surface area (Å²) < 4.78 is 18.3. The topological polar surface area (TPSA) is 68.2 Å². The van der Waals surface area contributed by atoms with Crippen molar-refractivity contribution in [1.29, 1.82) is 0 Å². The lowest BCUT2D eigenvalue weighted by molar-refractivity contribution is 0.351. The van der Waals surface area contributed by atoms with Gasteiger partial charge in [0.15, 0.2) is 26.2 Å². The summed E-state index contributed by atoms with van der Waals surface area (Å²) in [5.41, 5.74) is 0. The minimum atomic E-state index is -0.464. The maximum absolute atomic E-state index is 9.70. The van der Waals surface area contributed by atoms with Crippen LogP contribution in [0.4, 0.5) is 0 Å². The van der Waals surface area contributed by atoms with Crippen molar-refractivity contribution in [3.8, 4) is 40.2 Å². The van der Waals surface area contributed by atoms with Crippen LogP contribution < -0.4 is 14.2 Å². The zero-order chi connectivity index (χ0) is 25.6. The van der Waals surface area contributed by atoms with Crippen LogP contribution in [0, 0.1) is 0 Å². The molecule has 0 fully saturated rings. The van der Waals surface area contributed by atoms with E-state index in [9.17, 15) is 10.2 Å². The molecule has 0 atom stereocenters. The molecule has 5 aromatic rings. The molecule has 0 radical (unpaired) electrons. The molecule has 5 nitrogen and oxygen atoms in total. The van der Waals surface area contributed by atoms with Gasteiger partial charge in [-0.2, -0.15) is 0 Å². The molecule has 184 valence electrons. The smallest absolute Gasteiger partial charge is 0.205 e. The average Bonchev–Trinajstić information content (AvgIpc) is 2.93. The quantitative estimate of drug-likeness (QED) is 0.209. The Kier molecular flexibility index (Phi) is 7.19. The Morgan fingerprint density at radius 1 is 0.514 bits per heavy atom. The van der Waals surface area contributed by atoms with E-state index in [4.69, 9.17) is 14.2 Å². The molecule has 0 aliphatic carbocycles. The van der Waals surface area contributed by atoms with Crippen molar-refractivity contribution in [3.63, 3.8) is 0 Å². The van der Waals surface area contributed by atoms with Gasteiger partial charge >= 0.3 is 0 Å². The van der Waals surface area contributed by atoms with E-state index in [-0.39, 0.29) is 11.5 Å². The van der Waals surface area contributed by atoms with Crippen LogP contribution in [-0.4, -0.2) is 17.3 Å². The summed E-state index contributed by atoms with van der Waals surface area (Å²) in [6.45, 7) is 0. The highest BCUT2D eigenvalue weighted by Gasteiger charge is 2.32. The van der Waals surface area contributed by atoms with Crippen molar-refractivity contribution in [2.45, 2.75) is 14.7 Å². The van der Waals surface area contributed by atoms with Gasteiger partial charge in [-0.15, -0.1) is 0 Å². The standard InChI is InChI=1S/C31H24O5S/c1-34-31-29(35-24-16-12-22(32)13-17-24)20-28(21-30(31)36-25-18-14-23(33)15-19-25)37(26-8-4-2-5-9-26)27-10-6-3-7-11-27/h2-21H,1H3,(H-,32,33)/p+1. The summed E-state index contributed by atoms with van der Waals surface area (Å²) in [6.07, 6.45) is 0. The second-order valence-corrected chi connectivity index (χ2v) is 10.1.